The molecule has 1 fully saturated rings. The number of aryl methyl sites for hydroxylation is 1. The van der Waals surface area contributed by atoms with Gasteiger partial charge in [0.2, 0.25) is 5.89 Å². The number of amides is 1. The highest BCUT2D eigenvalue weighted by molar-refractivity contribution is 5.67. The predicted molar refractivity (Wildman–Crippen MR) is 119 cm³/mol. The summed E-state index contributed by atoms with van der Waals surface area (Å²) in [6.45, 7) is 6.32. The van der Waals surface area contributed by atoms with E-state index in [4.69, 9.17) is 14.1 Å². The van der Waals surface area contributed by atoms with Crippen molar-refractivity contribution in [2.75, 3.05) is 31.6 Å². The van der Waals surface area contributed by atoms with Gasteiger partial charge in [0.25, 0.3) is 5.89 Å². The second-order valence-electron chi connectivity index (χ2n) is 7.59. The topological polar surface area (TPSA) is 118 Å². The van der Waals surface area contributed by atoms with Crippen molar-refractivity contribution in [3.05, 3.63) is 41.7 Å². The maximum Gasteiger partial charge on any atom is 0.407 e. The molecule has 1 atom stereocenters. The van der Waals surface area contributed by atoms with Gasteiger partial charge in [-0.1, -0.05) is 12.1 Å². The molecule has 2 N–H and O–H groups in total. The molecule has 1 aliphatic heterocycles. The fourth-order valence-electron chi connectivity index (χ4n) is 3.57. The van der Waals surface area contributed by atoms with Crippen molar-refractivity contribution in [2.24, 2.45) is 0 Å². The highest BCUT2D eigenvalue weighted by atomic mass is 16.6. The second-order valence-corrected chi connectivity index (χ2v) is 7.59. The number of carbonyl (C=O) groups excluding carboxylic acids is 1. The van der Waals surface area contributed by atoms with Crippen LogP contribution >= 0.6 is 0 Å². The van der Waals surface area contributed by atoms with Crippen LogP contribution in [0.25, 0.3) is 23.0 Å². The van der Waals surface area contributed by atoms with Gasteiger partial charge in [-0.2, -0.15) is 0 Å². The van der Waals surface area contributed by atoms with E-state index in [9.17, 15) is 4.79 Å². The van der Waals surface area contributed by atoms with Gasteiger partial charge in [-0.25, -0.2) is 9.78 Å². The van der Waals surface area contributed by atoms with Crippen molar-refractivity contribution >= 4 is 11.9 Å². The number of alkyl carbamates (subject to hydrolysis) is 1. The predicted octanol–water partition coefficient (Wildman–Crippen LogP) is 2.55. The first kappa shape index (κ1) is 21.7. The van der Waals surface area contributed by atoms with Crippen LogP contribution in [0, 0.1) is 6.92 Å². The van der Waals surface area contributed by atoms with E-state index < -0.39 is 6.09 Å². The Morgan fingerprint density at radius 1 is 1.25 bits per heavy atom. The largest absolute Gasteiger partial charge is 0.444 e. The summed E-state index contributed by atoms with van der Waals surface area (Å²) in [5.41, 5.74) is 3.25. The number of carbonyl (C=O) groups is 1. The van der Waals surface area contributed by atoms with Crippen molar-refractivity contribution in [1.82, 2.24) is 30.8 Å². The monoisotopic (exact) mass is 437 g/mol. The number of nitrogens with one attached hydrogen (secondary N) is 2. The zero-order chi connectivity index (χ0) is 22.5. The molecule has 3 aromatic rings. The first-order valence-electron chi connectivity index (χ1n) is 10.7. The molecule has 0 aliphatic carbocycles. The number of nitrogens with zero attached hydrogens (tertiary/aromatic N) is 5. The fraction of sp³-hybridized carbons (Fsp3) is 0.409. The Bertz CT molecular complexity index is 1070. The Morgan fingerprint density at radius 2 is 2.03 bits per heavy atom. The quantitative estimate of drug-likeness (QED) is 0.575. The third kappa shape index (κ3) is 4.86. The average Bonchev–Trinajstić information content (AvgIpc) is 3.45. The molecule has 1 amide bonds. The standard InChI is InChI=1S/C22H27N7O3/c1-4-24-22(30)31-17-9-10-29(13-17)18-12-25-14(2)19(26-18)21-28-27-20(32-21)16-7-5-15(6-8-16)11-23-3/h5-8,12,17,23H,4,9-11,13H2,1-3H3,(H,24,30)/t17-/m1/s1. The molecule has 0 radical (unpaired) electrons. The Balaban J connectivity index is 1.49. The Kier molecular flexibility index (Phi) is 6.60. The van der Waals surface area contributed by atoms with E-state index in [2.05, 4.69) is 25.8 Å². The maximum absolute atomic E-state index is 11.7. The summed E-state index contributed by atoms with van der Waals surface area (Å²) in [5, 5.41) is 14.2. The minimum absolute atomic E-state index is 0.186. The number of ether oxygens (including phenoxy) is 1. The van der Waals surface area contributed by atoms with Crippen LogP contribution in [-0.4, -0.2) is 59.0 Å². The van der Waals surface area contributed by atoms with Crippen molar-refractivity contribution in [3.63, 3.8) is 0 Å². The number of aromatic nitrogens is 4. The highest BCUT2D eigenvalue weighted by Gasteiger charge is 2.27. The minimum Gasteiger partial charge on any atom is -0.444 e. The molecule has 1 saturated heterocycles. The van der Waals surface area contributed by atoms with Crippen LogP contribution in [0.15, 0.2) is 34.9 Å². The van der Waals surface area contributed by atoms with Crippen LogP contribution in [0.2, 0.25) is 0 Å². The lowest BCUT2D eigenvalue weighted by atomic mass is 10.1. The number of rotatable bonds is 7. The van der Waals surface area contributed by atoms with Gasteiger partial charge in [-0.05, 0) is 38.6 Å². The molecule has 4 rings (SSSR count). The molecule has 2 aromatic heterocycles. The van der Waals surface area contributed by atoms with E-state index in [1.807, 2.05) is 50.1 Å². The summed E-state index contributed by atoms with van der Waals surface area (Å²) in [6.07, 6.45) is 1.86. The molecule has 0 bridgehead atoms. The Morgan fingerprint density at radius 3 is 2.78 bits per heavy atom. The first-order valence-corrected chi connectivity index (χ1v) is 10.7. The lowest BCUT2D eigenvalue weighted by Crippen LogP contribution is -2.31. The Labute approximate surface area is 186 Å². The lowest BCUT2D eigenvalue weighted by Gasteiger charge is -2.18. The van der Waals surface area contributed by atoms with Gasteiger partial charge < -0.3 is 24.7 Å². The van der Waals surface area contributed by atoms with Crippen LogP contribution < -0.4 is 15.5 Å². The van der Waals surface area contributed by atoms with Gasteiger partial charge in [0.1, 0.15) is 11.9 Å². The van der Waals surface area contributed by atoms with Crippen molar-refractivity contribution in [3.8, 4) is 23.0 Å². The normalized spacial score (nSPS) is 15.7. The van der Waals surface area contributed by atoms with E-state index in [0.717, 1.165) is 25.1 Å². The van der Waals surface area contributed by atoms with E-state index >= 15 is 0 Å². The molecule has 3 heterocycles. The summed E-state index contributed by atoms with van der Waals surface area (Å²) in [4.78, 5) is 22.9. The molecular weight excluding hydrogens is 410 g/mol. The minimum atomic E-state index is -0.396. The van der Waals surface area contributed by atoms with Gasteiger partial charge in [0.15, 0.2) is 5.69 Å². The van der Waals surface area contributed by atoms with Gasteiger partial charge in [0.05, 0.1) is 18.4 Å². The molecule has 0 unspecified atom stereocenters. The molecular formula is C22H27N7O3. The lowest BCUT2D eigenvalue weighted by molar-refractivity contribution is 0.108. The highest BCUT2D eigenvalue weighted by Crippen LogP contribution is 2.27. The third-order valence-electron chi connectivity index (χ3n) is 5.22. The number of hydrogen-bond donors (Lipinski definition) is 2. The van der Waals surface area contributed by atoms with Gasteiger partial charge in [-0.3, -0.25) is 4.98 Å². The molecule has 10 heteroatoms. The molecule has 0 saturated carbocycles. The average molecular weight is 438 g/mol. The van der Waals surface area contributed by atoms with Crippen LogP contribution in [-0.2, 0) is 11.3 Å². The van der Waals surface area contributed by atoms with Gasteiger partial charge in [0, 0.05) is 31.6 Å². The number of hydrogen-bond acceptors (Lipinski definition) is 9. The van der Waals surface area contributed by atoms with E-state index in [1.54, 1.807) is 6.20 Å². The number of benzene rings is 1. The first-order chi connectivity index (χ1) is 15.6. The molecule has 1 aliphatic rings. The summed E-state index contributed by atoms with van der Waals surface area (Å²) in [5.74, 6) is 1.43. The van der Waals surface area contributed by atoms with Crippen LogP contribution in [0.3, 0.4) is 0 Å². The molecule has 168 valence electrons. The van der Waals surface area contributed by atoms with Crippen molar-refractivity contribution in [2.45, 2.75) is 32.9 Å². The zero-order valence-electron chi connectivity index (χ0n) is 18.5. The summed E-state index contributed by atoms with van der Waals surface area (Å²) in [7, 11) is 1.91. The van der Waals surface area contributed by atoms with E-state index in [0.29, 0.717) is 42.1 Å². The van der Waals surface area contributed by atoms with Gasteiger partial charge in [-0.15, -0.1) is 10.2 Å². The van der Waals surface area contributed by atoms with Crippen LogP contribution in [0.5, 0.6) is 0 Å². The molecule has 1 aromatic carbocycles. The molecule has 32 heavy (non-hydrogen) atoms. The van der Waals surface area contributed by atoms with E-state index in [-0.39, 0.29) is 6.10 Å². The van der Waals surface area contributed by atoms with Crippen molar-refractivity contribution < 1.29 is 13.9 Å². The summed E-state index contributed by atoms with van der Waals surface area (Å²) < 4.78 is 11.4. The number of anilines is 1. The molecule has 0 spiro atoms. The zero-order valence-corrected chi connectivity index (χ0v) is 18.5. The second kappa shape index (κ2) is 9.73. The third-order valence-corrected chi connectivity index (χ3v) is 5.22. The smallest absolute Gasteiger partial charge is 0.407 e. The van der Waals surface area contributed by atoms with Crippen LogP contribution in [0.4, 0.5) is 10.6 Å². The maximum atomic E-state index is 11.7. The fourth-order valence-corrected chi connectivity index (χ4v) is 3.57. The summed E-state index contributed by atoms with van der Waals surface area (Å²) in [6, 6.07) is 7.96. The van der Waals surface area contributed by atoms with E-state index in [1.165, 1.54) is 5.56 Å². The van der Waals surface area contributed by atoms with Gasteiger partial charge >= 0.3 is 6.09 Å². The summed E-state index contributed by atoms with van der Waals surface area (Å²) >= 11 is 0. The SMILES string of the molecule is CCNC(=O)O[C@@H]1CCN(c2cnc(C)c(-c3nnc(-c4ccc(CNC)cc4)o3)n2)C1. The van der Waals surface area contributed by atoms with Crippen molar-refractivity contribution in [1.29, 1.82) is 0 Å². The Hall–Kier alpha value is -3.53. The molecule has 10 nitrogen and oxygen atoms in total. The van der Waals surface area contributed by atoms with Crippen LogP contribution in [0.1, 0.15) is 24.6 Å².